The molecule has 6 heterocycles. The van der Waals surface area contributed by atoms with E-state index in [0.29, 0.717) is 61.7 Å². The first-order chi connectivity index (χ1) is 28.1. The fourth-order valence-electron chi connectivity index (χ4n) is 7.11. The zero-order valence-corrected chi connectivity index (χ0v) is 32.8. The Balaban J connectivity index is 1.27. The highest BCUT2D eigenvalue weighted by molar-refractivity contribution is 5.92. The Morgan fingerprint density at radius 1 is 0.897 bits per heavy atom. The van der Waals surface area contributed by atoms with E-state index >= 15 is 0 Å². The van der Waals surface area contributed by atoms with Crippen LogP contribution in [0.2, 0.25) is 0 Å². The number of carboxylic acids is 1. The molecular formula is C42H52N8O8. The molecule has 0 aliphatic carbocycles. The summed E-state index contributed by atoms with van der Waals surface area (Å²) in [6.45, 7) is 3.26. The van der Waals surface area contributed by atoms with Gasteiger partial charge in [-0.05, 0) is 74.2 Å². The number of aliphatic hydroxyl groups excluding tert-OH is 1. The minimum atomic E-state index is -1.29. The number of aliphatic carboxylic acids is 1. The molecule has 1 aromatic heterocycles. The van der Waals surface area contributed by atoms with Crippen LogP contribution in [0.5, 0.6) is 11.5 Å². The maximum absolute atomic E-state index is 14.1. The van der Waals surface area contributed by atoms with Crippen molar-refractivity contribution < 1.29 is 38.9 Å². The van der Waals surface area contributed by atoms with Crippen molar-refractivity contribution in [3.05, 3.63) is 107 Å². The third-order valence-corrected chi connectivity index (χ3v) is 10.5. The number of hydrogen-bond donors (Lipinski definition) is 6. The van der Waals surface area contributed by atoms with Gasteiger partial charge in [0.15, 0.2) is 0 Å². The first kappa shape index (κ1) is 41.8. The second-order valence-electron chi connectivity index (χ2n) is 14.7. The quantitative estimate of drug-likeness (QED) is 0.165. The van der Waals surface area contributed by atoms with Crippen molar-refractivity contribution in [2.24, 2.45) is 0 Å². The molecule has 3 aromatic carbocycles. The van der Waals surface area contributed by atoms with Crippen LogP contribution in [-0.2, 0) is 51.6 Å². The molecular weight excluding hydrogens is 745 g/mol. The van der Waals surface area contributed by atoms with Gasteiger partial charge >= 0.3 is 5.97 Å². The Morgan fingerprint density at radius 2 is 1.59 bits per heavy atom. The number of carbonyl (C=O) groups is 4. The van der Waals surface area contributed by atoms with E-state index in [0.717, 1.165) is 11.1 Å². The maximum Gasteiger partial charge on any atom is 0.326 e. The van der Waals surface area contributed by atoms with E-state index in [2.05, 4.69) is 31.6 Å². The van der Waals surface area contributed by atoms with Crippen LogP contribution in [-0.4, -0.2) is 110 Å². The lowest BCUT2D eigenvalue weighted by Gasteiger charge is -2.35. The van der Waals surface area contributed by atoms with Crippen LogP contribution < -0.4 is 30.7 Å². The number of aromatic nitrogens is 3. The van der Waals surface area contributed by atoms with Crippen LogP contribution in [0.4, 0.5) is 0 Å². The zero-order chi connectivity index (χ0) is 41.0. The molecule has 0 spiro atoms. The third-order valence-electron chi connectivity index (χ3n) is 10.5. The Kier molecular flexibility index (Phi) is 14.4. The number of aliphatic hydroxyl groups is 1. The van der Waals surface area contributed by atoms with Crippen LogP contribution in [0, 0.1) is 0 Å². The van der Waals surface area contributed by atoms with Gasteiger partial charge in [0.05, 0.1) is 30.9 Å². The molecule has 16 heteroatoms. The third kappa shape index (κ3) is 11.4. The van der Waals surface area contributed by atoms with Crippen molar-refractivity contribution in [3.8, 4) is 11.5 Å². The van der Waals surface area contributed by atoms with Crippen LogP contribution >= 0.6 is 0 Å². The molecule has 16 nitrogen and oxygen atoms in total. The number of nitrogens with zero attached hydrogens (tertiary/aromatic N) is 4. The highest BCUT2D eigenvalue weighted by Gasteiger charge is 2.40. The number of likely N-dealkylation sites (N-methyl/N-ethyl adjacent to an activating group) is 1. The molecule has 6 bridgehead atoms. The number of hydrogen-bond acceptors (Lipinski definition) is 11. The summed E-state index contributed by atoms with van der Waals surface area (Å²) in [5.41, 5.74) is 2.90. The highest BCUT2D eigenvalue weighted by Crippen LogP contribution is 2.24. The summed E-state index contributed by atoms with van der Waals surface area (Å²) < 4.78 is 13.6. The Bertz CT molecular complexity index is 1980. The standard InChI is InChI=1S/C42H52N8O8/c1-27(43-2)38(51)45-35-23-29-13-17-33(18-14-29)58-26-31-25-49(48-47-31)19-7-21-57-32-15-11-30(12-16-32)24-36(42(55)56)46-39(52)34(22-28-8-4-3-5-9-28)44-40(53)37-10-6-20-50(37)41(35)54/h3-5,8-9,11-18,25,27,34-37,41,43,54H,6-7,10,19-24,26H2,1-2H3,(H,44,53)(H,45,51)(H,46,52)(H,55,56)/t27-,34+,35+,36-,37+,41?/m0/s1. The van der Waals surface area contributed by atoms with Crippen LogP contribution in [0.3, 0.4) is 0 Å². The number of ether oxygens (including phenoxy) is 2. The molecule has 4 aromatic rings. The van der Waals surface area contributed by atoms with Gasteiger partial charge in [0.2, 0.25) is 17.7 Å². The molecule has 308 valence electrons. The number of amides is 3. The van der Waals surface area contributed by atoms with Crippen LogP contribution in [0.25, 0.3) is 0 Å². The van der Waals surface area contributed by atoms with E-state index in [4.69, 9.17) is 9.47 Å². The van der Waals surface area contributed by atoms with Crippen molar-refractivity contribution >= 4 is 23.7 Å². The van der Waals surface area contributed by atoms with E-state index < -0.39 is 54.2 Å². The van der Waals surface area contributed by atoms with Gasteiger partial charge in [0, 0.05) is 32.4 Å². The smallest absolute Gasteiger partial charge is 0.326 e. The van der Waals surface area contributed by atoms with E-state index in [9.17, 15) is 29.4 Å². The van der Waals surface area contributed by atoms with Gasteiger partial charge in [0.25, 0.3) is 0 Å². The number of rotatable bonds is 6. The molecule has 9 rings (SSSR count). The number of carbonyl (C=O) groups excluding carboxylic acids is 3. The van der Waals surface area contributed by atoms with Gasteiger partial charge in [-0.25, -0.2) is 4.79 Å². The average molecular weight is 797 g/mol. The lowest BCUT2D eigenvalue weighted by atomic mass is 10.0. The molecule has 58 heavy (non-hydrogen) atoms. The van der Waals surface area contributed by atoms with Crippen LogP contribution in [0.1, 0.15) is 48.6 Å². The van der Waals surface area contributed by atoms with Gasteiger partial charge in [-0.3, -0.25) is 24.0 Å². The van der Waals surface area contributed by atoms with Crippen molar-refractivity contribution in [2.45, 2.75) is 95.0 Å². The summed E-state index contributed by atoms with van der Waals surface area (Å²) in [5.74, 6) is -1.48. The SMILES string of the molecule is CN[C@@H](C)C(=O)N[C@@H]1Cc2ccc(cc2)OCc2cn(nn2)CCCOc2ccc(cc2)C[C@@H](C(=O)O)NC(=O)[C@@H](Cc2ccccc2)NC(=O)[C@H]2CCCN2C1O. The molecule has 5 aliphatic rings. The number of aryl methyl sites for hydroxylation is 1. The molecule has 3 amide bonds. The minimum absolute atomic E-state index is 0.00376. The van der Waals surface area contributed by atoms with Gasteiger partial charge in [0.1, 0.15) is 42.1 Å². The van der Waals surface area contributed by atoms with E-state index in [1.807, 2.05) is 48.7 Å². The van der Waals surface area contributed by atoms with Gasteiger partial charge in [-0.1, -0.05) is 59.8 Å². The largest absolute Gasteiger partial charge is 0.494 e. The monoisotopic (exact) mass is 796 g/mol. The van der Waals surface area contributed by atoms with E-state index in [1.54, 1.807) is 60.0 Å². The first-order valence-corrected chi connectivity index (χ1v) is 19.7. The minimum Gasteiger partial charge on any atom is -0.494 e. The molecule has 0 radical (unpaired) electrons. The number of carboxylic acid groups (broad SMARTS) is 1. The summed E-state index contributed by atoms with van der Waals surface area (Å²) in [7, 11) is 1.67. The normalized spacial score (nSPS) is 23.1. The van der Waals surface area contributed by atoms with Crippen molar-refractivity contribution in [1.82, 2.24) is 41.2 Å². The van der Waals surface area contributed by atoms with Crippen molar-refractivity contribution in [1.29, 1.82) is 0 Å². The molecule has 1 saturated heterocycles. The summed E-state index contributed by atoms with van der Waals surface area (Å²) in [6, 6.07) is 18.9. The molecule has 6 atom stereocenters. The van der Waals surface area contributed by atoms with Gasteiger partial charge in [-0.2, -0.15) is 0 Å². The average Bonchev–Trinajstić information content (AvgIpc) is 3.92. The fourth-order valence-corrected chi connectivity index (χ4v) is 7.11. The maximum atomic E-state index is 14.1. The molecule has 0 saturated carbocycles. The predicted octanol–water partition coefficient (Wildman–Crippen LogP) is 1.60. The number of nitrogens with one attached hydrogen (secondary N) is 4. The second-order valence-corrected chi connectivity index (χ2v) is 14.7. The topological polar surface area (TPSA) is 209 Å². The first-order valence-electron chi connectivity index (χ1n) is 19.7. The molecule has 6 N–H and O–H groups in total. The fraction of sp³-hybridized carbons (Fsp3) is 0.429. The lowest BCUT2D eigenvalue weighted by Crippen LogP contribution is -2.60. The molecule has 5 aliphatic heterocycles. The summed E-state index contributed by atoms with van der Waals surface area (Å²) in [4.78, 5) is 55.4. The summed E-state index contributed by atoms with van der Waals surface area (Å²) in [6.07, 6.45) is 2.52. The van der Waals surface area contributed by atoms with E-state index in [-0.39, 0.29) is 31.8 Å². The predicted molar refractivity (Wildman–Crippen MR) is 213 cm³/mol. The Labute approximate surface area is 337 Å². The lowest BCUT2D eigenvalue weighted by molar-refractivity contribution is -0.142. The number of benzene rings is 3. The van der Waals surface area contributed by atoms with Crippen molar-refractivity contribution in [3.63, 3.8) is 0 Å². The zero-order valence-electron chi connectivity index (χ0n) is 32.8. The van der Waals surface area contributed by atoms with Crippen LogP contribution in [0.15, 0.2) is 85.1 Å². The Morgan fingerprint density at radius 3 is 2.28 bits per heavy atom. The summed E-state index contributed by atoms with van der Waals surface area (Å²) in [5, 5.41) is 42.0. The highest BCUT2D eigenvalue weighted by atomic mass is 16.5. The molecule has 1 fully saturated rings. The van der Waals surface area contributed by atoms with E-state index in [1.165, 1.54) is 0 Å². The summed E-state index contributed by atoms with van der Waals surface area (Å²) >= 11 is 0. The van der Waals surface area contributed by atoms with Crippen molar-refractivity contribution in [2.75, 3.05) is 20.2 Å². The second kappa shape index (κ2) is 20.0. The van der Waals surface area contributed by atoms with Gasteiger partial charge in [-0.15, -0.1) is 5.10 Å². The van der Waals surface area contributed by atoms with Gasteiger partial charge < -0.3 is 41.0 Å². The Hall–Kier alpha value is -5.84. The molecule has 1 unspecified atom stereocenters.